The van der Waals surface area contributed by atoms with Crippen molar-refractivity contribution in [3.63, 3.8) is 0 Å². The zero-order valence-electron chi connectivity index (χ0n) is 12.9. The standard InChI is InChI=1S/C15H23N3O3S/c1-12-8-16-9-15(17-12)21-14-2-5-18(6-3-14)10-13-4-7-22(19,20)11-13/h8-9,13-14H,2-7,10-11H2,1H3. The number of piperidine rings is 1. The molecule has 122 valence electrons. The van der Waals surface area contributed by atoms with Crippen LogP contribution in [-0.2, 0) is 9.84 Å². The summed E-state index contributed by atoms with van der Waals surface area (Å²) in [5.41, 5.74) is 0.859. The molecule has 1 aromatic heterocycles. The molecule has 0 N–H and O–H groups in total. The van der Waals surface area contributed by atoms with E-state index in [4.69, 9.17) is 4.74 Å². The minimum atomic E-state index is -2.77. The summed E-state index contributed by atoms with van der Waals surface area (Å²) >= 11 is 0. The summed E-state index contributed by atoms with van der Waals surface area (Å²) in [4.78, 5) is 10.8. The van der Waals surface area contributed by atoms with E-state index in [-0.39, 0.29) is 6.10 Å². The van der Waals surface area contributed by atoms with Crippen LogP contribution < -0.4 is 4.74 Å². The van der Waals surface area contributed by atoms with Gasteiger partial charge in [0.05, 0.1) is 23.4 Å². The second-order valence-electron chi connectivity index (χ2n) is 6.39. The molecule has 3 heterocycles. The first-order valence-electron chi connectivity index (χ1n) is 7.88. The van der Waals surface area contributed by atoms with Crippen molar-refractivity contribution in [2.24, 2.45) is 5.92 Å². The molecule has 0 amide bonds. The van der Waals surface area contributed by atoms with Gasteiger partial charge in [-0.3, -0.25) is 4.98 Å². The zero-order valence-corrected chi connectivity index (χ0v) is 13.8. The van der Waals surface area contributed by atoms with Crippen LogP contribution in [0.2, 0.25) is 0 Å². The molecule has 2 aliphatic heterocycles. The monoisotopic (exact) mass is 325 g/mol. The zero-order chi connectivity index (χ0) is 15.6. The molecule has 0 spiro atoms. The summed E-state index contributed by atoms with van der Waals surface area (Å²) in [5, 5.41) is 0. The molecule has 0 aromatic carbocycles. The third-order valence-electron chi connectivity index (χ3n) is 4.40. The lowest BCUT2D eigenvalue weighted by molar-refractivity contribution is 0.0894. The summed E-state index contributed by atoms with van der Waals surface area (Å²) < 4.78 is 28.9. The van der Waals surface area contributed by atoms with E-state index in [1.54, 1.807) is 12.4 Å². The summed E-state index contributed by atoms with van der Waals surface area (Å²) in [6, 6.07) is 0. The number of ether oxygens (including phenoxy) is 1. The van der Waals surface area contributed by atoms with Crippen molar-refractivity contribution in [3.05, 3.63) is 18.1 Å². The maximum absolute atomic E-state index is 11.5. The minimum Gasteiger partial charge on any atom is -0.473 e. The highest BCUT2D eigenvalue weighted by atomic mass is 32.2. The Hall–Kier alpha value is -1.21. The highest BCUT2D eigenvalue weighted by Crippen LogP contribution is 2.22. The molecule has 6 nitrogen and oxygen atoms in total. The van der Waals surface area contributed by atoms with Gasteiger partial charge in [0, 0.05) is 25.8 Å². The number of aromatic nitrogens is 2. The van der Waals surface area contributed by atoms with Crippen molar-refractivity contribution in [2.45, 2.75) is 32.3 Å². The lowest BCUT2D eigenvalue weighted by Gasteiger charge is -2.33. The van der Waals surface area contributed by atoms with Crippen molar-refractivity contribution in [1.29, 1.82) is 0 Å². The largest absolute Gasteiger partial charge is 0.473 e. The van der Waals surface area contributed by atoms with Crippen LogP contribution in [0.3, 0.4) is 0 Å². The second-order valence-corrected chi connectivity index (χ2v) is 8.61. The van der Waals surface area contributed by atoms with Crippen LogP contribution in [-0.4, -0.2) is 60.5 Å². The van der Waals surface area contributed by atoms with Crippen molar-refractivity contribution in [3.8, 4) is 5.88 Å². The fourth-order valence-corrected chi connectivity index (χ4v) is 5.11. The van der Waals surface area contributed by atoms with Crippen molar-refractivity contribution < 1.29 is 13.2 Å². The SMILES string of the molecule is Cc1cncc(OC2CCN(CC3CCS(=O)(=O)C3)CC2)n1. The van der Waals surface area contributed by atoms with Gasteiger partial charge in [-0.1, -0.05) is 0 Å². The number of likely N-dealkylation sites (tertiary alicyclic amines) is 1. The average molecular weight is 325 g/mol. The van der Waals surface area contributed by atoms with Crippen LogP contribution in [0.1, 0.15) is 25.0 Å². The van der Waals surface area contributed by atoms with Crippen LogP contribution in [0.5, 0.6) is 5.88 Å². The van der Waals surface area contributed by atoms with E-state index in [0.717, 1.165) is 44.6 Å². The molecule has 1 atom stereocenters. The summed E-state index contributed by atoms with van der Waals surface area (Å²) in [7, 11) is -2.77. The fraction of sp³-hybridized carbons (Fsp3) is 0.733. The molecular formula is C15H23N3O3S. The quantitative estimate of drug-likeness (QED) is 0.824. The van der Waals surface area contributed by atoms with E-state index in [9.17, 15) is 8.42 Å². The molecule has 7 heteroatoms. The van der Waals surface area contributed by atoms with Gasteiger partial charge in [0.15, 0.2) is 9.84 Å². The molecular weight excluding hydrogens is 302 g/mol. The number of rotatable bonds is 4. The average Bonchev–Trinajstić information content (AvgIpc) is 2.80. The van der Waals surface area contributed by atoms with E-state index in [2.05, 4.69) is 14.9 Å². The Morgan fingerprint density at radius 3 is 2.68 bits per heavy atom. The molecule has 1 unspecified atom stereocenters. The Balaban J connectivity index is 1.44. The van der Waals surface area contributed by atoms with Gasteiger partial charge in [0.1, 0.15) is 6.10 Å². The maximum Gasteiger partial charge on any atom is 0.232 e. The predicted molar refractivity (Wildman–Crippen MR) is 83.6 cm³/mol. The molecule has 0 aliphatic carbocycles. The fourth-order valence-electron chi connectivity index (χ4n) is 3.26. The van der Waals surface area contributed by atoms with E-state index >= 15 is 0 Å². The smallest absolute Gasteiger partial charge is 0.232 e. The Morgan fingerprint density at radius 2 is 2.05 bits per heavy atom. The minimum absolute atomic E-state index is 0.180. The van der Waals surface area contributed by atoms with Gasteiger partial charge >= 0.3 is 0 Å². The first kappa shape index (κ1) is 15.7. The first-order valence-corrected chi connectivity index (χ1v) is 9.70. The van der Waals surface area contributed by atoms with E-state index < -0.39 is 9.84 Å². The van der Waals surface area contributed by atoms with Crippen LogP contribution in [0.25, 0.3) is 0 Å². The molecule has 22 heavy (non-hydrogen) atoms. The van der Waals surface area contributed by atoms with Gasteiger partial charge in [-0.15, -0.1) is 0 Å². The number of sulfone groups is 1. The third-order valence-corrected chi connectivity index (χ3v) is 6.24. The Morgan fingerprint density at radius 1 is 1.27 bits per heavy atom. The number of aryl methyl sites for hydroxylation is 1. The summed E-state index contributed by atoms with van der Waals surface area (Å²) in [5.74, 6) is 1.64. The van der Waals surface area contributed by atoms with Crippen LogP contribution >= 0.6 is 0 Å². The number of hydrogen-bond donors (Lipinski definition) is 0. The lowest BCUT2D eigenvalue weighted by atomic mass is 10.0. The molecule has 0 radical (unpaired) electrons. The van der Waals surface area contributed by atoms with Gasteiger partial charge in [-0.25, -0.2) is 13.4 Å². The van der Waals surface area contributed by atoms with Gasteiger partial charge in [0.25, 0.3) is 0 Å². The van der Waals surface area contributed by atoms with Crippen molar-refractivity contribution in [1.82, 2.24) is 14.9 Å². The van der Waals surface area contributed by atoms with E-state index in [0.29, 0.717) is 23.3 Å². The van der Waals surface area contributed by atoms with Crippen molar-refractivity contribution in [2.75, 3.05) is 31.1 Å². The molecule has 1 aromatic rings. The Labute approximate surface area is 131 Å². The van der Waals surface area contributed by atoms with E-state index in [1.807, 2.05) is 6.92 Å². The van der Waals surface area contributed by atoms with Crippen LogP contribution in [0, 0.1) is 12.8 Å². The molecule has 2 aliphatic rings. The molecule has 0 saturated carbocycles. The summed E-state index contributed by atoms with van der Waals surface area (Å²) in [6.07, 6.45) is 6.27. The van der Waals surface area contributed by atoms with Gasteiger partial charge in [0.2, 0.25) is 5.88 Å². The van der Waals surface area contributed by atoms with Gasteiger partial charge in [-0.05, 0) is 32.1 Å². The van der Waals surface area contributed by atoms with E-state index in [1.165, 1.54) is 0 Å². The molecule has 3 rings (SSSR count). The molecule has 0 bridgehead atoms. The Kier molecular flexibility index (Phi) is 4.63. The van der Waals surface area contributed by atoms with Gasteiger partial charge in [-0.2, -0.15) is 0 Å². The summed E-state index contributed by atoms with van der Waals surface area (Å²) in [6.45, 7) is 4.72. The first-order chi connectivity index (χ1) is 10.5. The normalized spacial score (nSPS) is 26.1. The predicted octanol–water partition coefficient (Wildman–Crippen LogP) is 1.06. The lowest BCUT2D eigenvalue weighted by Crippen LogP contribution is -2.40. The van der Waals surface area contributed by atoms with Gasteiger partial charge < -0.3 is 9.64 Å². The maximum atomic E-state index is 11.5. The van der Waals surface area contributed by atoms with Crippen molar-refractivity contribution >= 4 is 9.84 Å². The molecule has 2 saturated heterocycles. The van der Waals surface area contributed by atoms with Crippen LogP contribution in [0.4, 0.5) is 0 Å². The second kappa shape index (κ2) is 6.50. The highest BCUT2D eigenvalue weighted by molar-refractivity contribution is 7.91. The van der Waals surface area contributed by atoms with Crippen LogP contribution in [0.15, 0.2) is 12.4 Å². The Bertz CT molecular complexity index is 612. The topological polar surface area (TPSA) is 72.4 Å². The number of nitrogens with zero attached hydrogens (tertiary/aromatic N) is 3. The number of hydrogen-bond acceptors (Lipinski definition) is 6. The third kappa shape index (κ3) is 4.16. The highest BCUT2D eigenvalue weighted by Gasteiger charge is 2.30. The molecule has 2 fully saturated rings.